The highest BCUT2D eigenvalue weighted by atomic mass is 16.5. The van der Waals surface area contributed by atoms with E-state index in [2.05, 4.69) is 15.8 Å². The largest absolute Gasteiger partial charge is 0.360 e. The van der Waals surface area contributed by atoms with Crippen molar-refractivity contribution in [2.75, 3.05) is 0 Å². The van der Waals surface area contributed by atoms with Gasteiger partial charge in [0.2, 0.25) is 5.91 Å². The number of aromatic nitrogens is 1. The Morgan fingerprint density at radius 3 is 2.37 bits per heavy atom. The van der Waals surface area contributed by atoms with Crippen molar-refractivity contribution >= 4 is 11.8 Å². The van der Waals surface area contributed by atoms with Gasteiger partial charge in [0.05, 0.1) is 0 Å². The van der Waals surface area contributed by atoms with E-state index in [-0.39, 0.29) is 35.9 Å². The van der Waals surface area contributed by atoms with Gasteiger partial charge in [0.15, 0.2) is 5.69 Å². The zero-order chi connectivity index (χ0) is 18.8. The molecule has 0 bridgehead atoms. The molecular weight excluding hydrogens is 344 g/mol. The van der Waals surface area contributed by atoms with E-state index in [0.29, 0.717) is 11.6 Å². The van der Waals surface area contributed by atoms with E-state index in [4.69, 9.17) is 10.3 Å². The summed E-state index contributed by atoms with van der Waals surface area (Å²) in [5.41, 5.74) is 6.37. The fraction of sp³-hybridized carbons (Fsp3) is 0.750. The highest BCUT2D eigenvalue weighted by molar-refractivity contribution is 5.92. The van der Waals surface area contributed by atoms with E-state index in [1.54, 1.807) is 6.07 Å². The predicted molar refractivity (Wildman–Crippen MR) is 100 cm³/mol. The monoisotopic (exact) mass is 374 g/mol. The Labute approximate surface area is 159 Å². The number of amides is 2. The minimum Gasteiger partial charge on any atom is -0.360 e. The maximum absolute atomic E-state index is 12.5. The molecule has 0 unspecified atom stereocenters. The maximum atomic E-state index is 12.5. The van der Waals surface area contributed by atoms with Crippen LogP contribution in [0.25, 0.3) is 0 Å². The molecule has 4 rings (SSSR count). The van der Waals surface area contributed by atoms with Crippen LogP contribution in [0.15, 0.2) is 10.6 Å². The van der Waals surface area contributed by atoms with Gasteiger partial charge < -0.3 is 20.9 Å². The number of hydrogen-bond donors (Lipinski definition) is 3. The molecule has 7 nitrogen and oxygen atoms in total. The summed E-state index contributed by atoms with van der Waals surface area (Å²) in [6.07, 6.45) is 9.59. The normalized spacial score (nSPS) is 31.3. The van der Waals surface area contributed by atoms with Gasteiger partial charge in [0.25, 0.3) is 5.91 Å². The lowest BCUT2D eigenvalue weighted by atomic mass is 9.84. The molecular formula is C20H30N4O3. The van der Waals surface area contributed by atoms with Crippen molar-refractivity contribution in [2.45, 2.75) is 88.3 Å². The molecule has 27 heavy (non-hydrogen) atoms. The van der Waals surface area contributed by atoms with Crippen LogP contribution in [0.4, 0.5) is 0 Å². The molecule has 1 heterocycles. The number of nitrogens with two attached hydrogens (primary N) is 1. The predicted octanol–water partition coefficient (Wildman–Crippen LogP) is 2.23. The minimum atomic E-state index is -0.158. The summed E-state index contributed by atoms with van der Waals surface area (Å²) in [6.45, 7) is 0. The molecule has 4 N–H and O–H groups in total. The van der Waals surface area contributed by atoms with Crippen LogP contribution >= 0.6 is 0 Å². The topological polar surface area (TPSA) is 110 Å². The van der Waals surface area contributed by atoms with Crippen LogP contribution < -0.4 is 16.4 Å². The lowest BCUT2D eigenvalue weighted by molar-refractivity contribution is -0.127. The third-order valence-electron chi connectivity index (χ3n) is 6.24. The van der Waals surface area contributed by atoms with Crippen LogP contribution in [0.5, 0.6) is 0 Å². The summed E-state index contributed by atoms with van der Waals surface area (Å²) in [4.78, 5) is 24.8. The van der Waals surface area contributed by atoms with Gasteiger partial charge in [-0.25, -0.2) is 0 Å². The Kier molecular flexibility index (Phi) is 5.48. The van der Waals surface area contributed by atoms with Crippen molar-refractivity contribution in [3.63, 3.8) is 0 Å². The summed E-state index contributed by atoms with van der Waals surface area (Å²) < 4.78 is 5.26. The average Bonchev–Trinajstić information content (AvgIpc) is 3.40. The van der Waals surface area contributed by atoms with Crippen LogP contribution in [-0.2, 0) is 4.79 Å². The third-order valence-corrected chi connectivity index (χ3v) is 6.24. The number of carbonyl (C=O) groups is 2. The summed E-state index contributed by atoms with van der Waals surface area (Å²) >= 11 is 0. The van der Waals surface area contributed by atoms with Crippen molar-refractivity contribution in [1.82, 2.24) is 15.8 Å². The molecule has 3 saturated carbocycles. The number of nitrogens with zero attached hydrogens (tertiary/aromatic N) is 1. The Morgan fingerprint density at radius 1 is 1.00 bits per heavy atom. The first-order chi connectivity index (χ1) is 13.1. The number of rotatable bonds is 5. The fourth-order valence-electron chi connectivity index (χ4n) is 4.38. The molecule has 148 valence electrons. The van der Waals surface area contributed by atoms with E-state index in [1.807, 2.05) is 0 Å². The van der Waals surface area contributed by atoms with E-state index < -0.39 is 0 Å². The standard InChI is InChI=1S/C20H30N4O3/c21-14-3-1-2-13(10-14)19(25)22-15-6-8-16(9-7-15)23-20(26)17-11-18(27-24-17)12-4-5-12/h11-16H,1-10,21H2,(H,22,25)(H,23,26)/t13-,14-,15-,16-/m0/s1. The summed E-state index contributed by atoms with van der Waals surface area (Å²) in [7, 11) is 0. The van der Waals surface area contributed by atoms with Crippen LogP contribution in [0, 0.1) is 5.92 Å². The molecule has 0 radical (unpaired) electrons. The summed E-state index contributed by atoms with van der Waals surface area (Å²) in [5.74, 6) is 1.35. The summed E-state index contributed by atoms with van der Waals surface area (Å²) in [6, 6.07) is 2.28. The quantitative estimate of drug-likeness (QED) is 0.732. The number of nitrogens with one attached hydrogen (secondary N) is 2. The van der Waals surface area contributed by atoms with Gasteiger partial charge in [-0.3, -0.25) is 9.59 Å². The maximum Gasteiger partial charge on any atom is 0.273 e. The molecule has 1 aromatic rings. The second-order valence-electron chi connectivity index (χ2n) is 8.54. The zero-order valence-corrected chi connectivity index (χ0v) is 15.8. The van der Waals surface area contributed by atoms with Gasteiger partial charge in [0, 0.05) is 36.0 Å². The van der Waals surface area contributed by atoms with Gasteiger partial charge in [-0.05, 0) is 57.8 Å². The minimum absolute atomic E-state index is 0.0685. The van der Waals surface area contributed by atoms with Crippen LogP contribution in [0.1, 0.15) is 86.4 Å². The molecule has 3 aliphatic rings. The number of hydrogen-bond acceptors (Lipinski definition) is 5. The van der Waals surface area contributed by atoms with E-state index in [1.165, 1.54) is 0 Å². The first-order valence-electron chi connectivity index (χ1n) is 10.4. The van der Waals surface area contributed by atoms with Crippen molar-refractivity contribution in [2.24, 2.45) is 11.7 Å². The van der Waals surface area contributed by atoms with E-state index in [0.717, 1.165) is 70.0 Å². The molecule has 2 atom stereocenters. The van der Waals surface area contributed by atoms with Crippen molar-refractivity contribution in [3.8, 4) is 0 Å². The molecule has 2 amide bonds. The van der Waals surface area contributed by atoms with Crippen molar-refractivity contribution in [3.05, 3.63) is 17.5 Å². The first kappa shape index (κ1) is 18.5. The second kappa shape index (κ2) is 8.00. The third kappa shape index (κ3) is 4.69. The molecule has 0 aromatic carbocycles. The molecule has 0 saturated heterocycles. The van der Waals surface area contributed by atoms with Gasteiger partial charge in [-0.2, -0.15) is 0 Å². The van der Waals surface area contributed by atoms with Crippen LogP contribution in [0.3, 0.4) is 0 Å². The zero-order valence-electron chi connectivity index (χ0n) is 15.8. The van der Waals surface area contributed by atoms with Crippen molar-refractivity contribution < 1.29 is 14.1 Å². The van der Waals surface area contributed by atoms with Crippen LogP contribution in [-0.4, -0.2) is 35.1 Å². The highest BCUT2D eigenvalue weighted by Gasteiger charge is 2.31. The first-order valence-corrected chi connectivity index (χ1v) is 10.4. The van der Waals surface area contributed by atoms with E-state index >= 15 is 0 Å². The molecule has 0 aliphatic heterocycles. The molecule has 7 heteroatoms. The number of carbonyl (C=O) groups excluding carboxylic acids is 2. The lowest BCUT2D eigenvalue weighted by Gasteiger charge is -2.32. The molecule has 3 fully saturated rings. The van der Waals surface area contributed by atoms with E-state index in [9.17, 15) is 9.59 Å². The molecule has 0 spiro atoms. The highest BCUT2D eigenvalue weighted by Crippen LogP contribution is 2.40. The second-order valence-corrected chi connectivity index (χ2v) is 8.54. The smallest absolute Gasteiger partial charge is 0.273 e. The Morgan fingerprint density at radius 2 is 1.70 bits per heavy atom. The van der Waals surface area contributed by atoms with Gasteiger partial charge in [0.1, 0.15) is 5.76 Å². The fourth-order valence-corrected chi connectivity index (χ4v) is 4.38. The lowest BCUT2D eigenvalue weighted by Crippen LogP contribution is -2.46. The van der Waals surface area contributed by atoms with Crippen molar-refractivity contribution in [1.29, 1.82) is 0 Å². The molecule has 3 aliphatic carbocycles. The van der Waals surface area contributed by atoms with Gasteiger partial charge in [-0.1, -0.05) is 11.6 Å². The Bertz CT molecular complexity index is 677. The van der Waals surface area contributed by atoms with Crippen LogP contribution in [0.2, 0.25) is 0 Å². The Hall–Kier alpha value is -1.89. The Balaban J connectivity index is 1.20. The van der Waals surface area contributed by atoms with Gasteiger partial charge in [-0.15, -0.1) is 0 Å². The average molecular weight is 374 g/mol. The SMILES string of the molecule is N[C@H]1CCC[C@H](C(=O)N[C@H]2CC[C@H](NC(=O)c3cc(C4CC4)on3)CC2)C1. The molecule has 1 aromatic heterocycles. The summed E-state index contributed by atoms with van der Waals surface area (Å²) in [5, 5.41) is 10.2. The van der Waals surface area contributed by atoms with Gasteiger partial charge >= 0.3 is 0 Å².